The topological polar surface area (TPSA) is 100 Å². The van der Waals surface area contributed by atoms with Gasteiger partial charge in [-0.05, 0) is 49.2 Å². The molecule has 2 aromatic carbocycles. The molecule has 158 valence electrons. The summed E-state index contributed by atoms with van der Waals surface area (Å²) in [5.74, 6) is -0.582. The van der Waals surface area contributed by atoms with Crippen molar-refractivity contribution in [3.05, 3.63) is 84.2 Å². The van der Waals surface area contributed by atoms with Crippen LogP contribution in [0.25, 0.3) is 0 Å². The third-order valence-corrected chi connectivity index (χ3v) is 5.43. The van der Waals surface area contributed by atoms with Crippen LogP contribution in [0.3, 0.4) is 0 Å². The fourth-order valence-electron chi connectivity index (χ4n) is 3.78. The summed E-state index contributed by atoms with van der Waals surface area (Å²) in [6, 6.07) is 20.7. The Bertz CT molecular complexity index is 1050. The van der Waals surface area contributed by atoms with Gasteiger partial charge in [-0.2, -0.15) is 0 Å². The smallest absolute Gasteiger partial charge is 0.274 e. The lowest BCUT2D eigenvalue weighted by molar-refractivity contribution is 0.0948. The van der Waals surface area contributed by atoms with E-state index < -0.39 is 0 Å². The molecule has 1 atom stereocenters. The molecule has 3 aromatic rings. The van der Waals surface area contributed by atoms with E-state index in [1.54, 1.807) is 30.3 Å². The Balaban J connectivity index is 1.34. The molecule has 4 N–H and O–H groups in total. The number of anilines is 3. The first kappa shape index (κ1) is 20.4. The van der Waals surface area contributed by atoms with Gasteiger partial charge in [0.2, 0.25) is 0 Å². The highest BCUT2D eigenvalue weighted by Gasteiger charge is 2.25. The van der Waals surface area contributed by atoms with E-state index in [0.717, 1.165) is 19.4 Å². The van der Waals surface area contributed by atoms with E-state index in [1.165, 1.54) is 18.0 Å². The Morgan fingerprint density at radius 1 is 1.00 bits per heavy atom. The number of aromatic nitrogens is 1. The molecule has 0 spiro atoms. The molecule has 0 bridgehead atoms. The summed E-state index contributed by atoms with van der Waals surface area (Å²) in [7, 11) is 0. The molecule has 1 fully saturated rings. The van der Waals surface area contributed by atoms with Gasteiger partial charge < -0.3 is 21.3 Å². The van der Waals surface area contributed by atoms with Crippen LogP contribution < -0.4 is 21.3 Å². The first-order valence-corrected chi connectivity index (χ1v) is 10.3. The number of nitrogens with one attached hydrogen (secondary N) is 2. The quantitative estimate of drug-likeness (QED) is 0.536. The number of hydrogen-bond donors (Lipinski definition) is 3. The molecule has 2 amide bonds. The van der Waals surface area contributed by atoms with Crippen molar-refractivity contribution in [1.82, 2.24) is 10.3 Å². The number of carbonyl (C=O) groups is 2. The summed E-state index contributed by atoms with van der Waals surface area (Å²) in [6.07, 6.45) is 3.56. The third kappa shape index (κ3) is 4.83. The number of para-hydroxylation sites is 3. The second kappa shape index (κ2) is 9.30. The van der Waals surface area contributed by atoms with Crippen LogP contribution >= 0.6 is 0 Å². The number of rotatable bonds is 6. The summed E-state index contributed by atoms with van der Waals surface area (Å²) in [4.78, 5) is 31.4. The molecular formula is C24H25N5O2. The summed E-state index contributed by atoms with van der Waals surface area (Å²) in [6.45, 7) is 1.55. The van der Waals surface area contributed by atoms with Gasteiger partial charge in [0.1, 0.15) is 5.69 Å². The second-order valence-electron chi connectivity index (χ2n) is 7.51. The Kier molecular flexibility index (Phi) is 6.12. The lowest BCUT2D eigenvalue weighted by atomic mass is 10.2. The zero-order valence-electron chi connectivity index (χ0n) is 17.1. The minimum Gasteiger partial charge on any atom is -0.397 e. The van der Waals surface area contributed by atoms with Crippen LogP contribution in [0.4, 0.5) is 17.1 Å². The molecule has 1 aliphatic rings. The lowest BCUT2D eigenvalue weighted by Gasteiger charge is -2.27. The number of carbonyl (C=O) groups excluding carboxylic acids is 2. The van der Waals surface area contributed by atoms with Crippen LogP contribution in [0.15, 0.2) is 72.9 Å². The van der Waals surface area contributed by atoms with Gasteiger partial charge in [-0.3, -0.25) is 14.6 Å². The number of pyridine rings is 1. The van der Waals surface area contributed by atoms with E-state index in [1.807, 2.05) is 18.2 Å². The van der Waals surface area contributed by atoms with Crippen molar-refractivity contribution >= 4 is 28.9 Å². The van der Waals surface area contributed by atoms with E-state index in [0.29, 0.717) is 23.5 Å². The van der Waals surface area contributed by atoms with Crippen LogP contribution in [-0.2, 0) is 0 Å². The van der Waals surface area contributed by atoms with Crippen LogP contribution in [0, 0.1) is 0 Å². The predicted molar refractivity (Wildman–Crippen MR) is 122 cm³/mol. The summed E-state index contributed by atoms with van der Waals surface area (Å²) < 4.78 is 0. The molecule has 2 heterocycles. The molecule has 0 aliphatic carbocycles. The third-order valence-electron chi connectivity index (χ3n) is 5.43. The molecule has 7 heteroatoms. The van der Waals surface area contributed by atoms with Gasteiger partial charge in [-0.25, -0.2) is 0 Å². The highest BCUT2D eigenvalue weighted by Crippen LogP contribution is 2.24. The number of benzene rings is 2. The van der Waals surface area contributed by atoms with Crippen molar-refractivity contribution in [2.24, 2.45) is 0 Å². The van der Waals surface area contributed by atoms with Gasteiger partial charge in [0, 0.05) is 31.0 Å². The van der Waals surface area contributed by atoms with Gasteiger partial charge in [0.05, 0.1) is 16.9 Å². The van der Waals surface area contributed by atoms with Gasteiger partial charge in [-0.1, -0.05) is 30.3 Å². The van der Waals surface area contributed by atoms with E-state index >= 15 is 0 Å². The summed E-state index contributed by atoms with van der Waals surface area (Å²) >= 11 is 0. The van der Waals surface area contributed by atoms with E-state index in [4.69, 9.17) is 5.73 Å². The van der Waals surface area contributed by atoms with Crippen molar-refractivity contribution in [3.8, 4) is 0 Å². The largest absolute Gasteiger partial charge is 0.397 e. The number of nitrogen functional groups attached to an aromatic ring is 1. The van der Waals surface area contributed by atoms with Crippen LogP contribution in [0.1, 0.15) is 33.7 Å². The van der Waals surface area contributed by atoms with Crippen LogP contribution in [0.2, 0.25) is 0 Å². The van der Waals surface area contributed by atoms with Gasteiger partial charge >= 0.3 is 0 Å². The van der Waals surface area contributed by atoms with E-state index in [9.17, 15) is 9.59 Å². The fourth-order valence-corrected chi connectivity index (χ4v) is 3.78. The summed E-state index contributed by atoms with van der Waals surface area (Å²) in [5, 5.41) is 5.72. The van der Waals surface area contributed by atoms with E-state index in [2.05, 4.69) is 32.7 Å². The Morgan fingerprint density at radius 2 is 1.77 bits per heavy atom. The predicted octanol–water partition coefficient (Wildman–Crippen LogP) is 3.31. The molecular weight excluding hydrogens is 390 g/mol. The number of nitrogens with zero attached hydrogens (tertiary/aromatic N) is 2. The fraction of sp³-hybridized carbons (Fsp3) is 0.208. The van der Waals surface area contributed by atoms with Gasteiger partial charge in [0.25, 0.3) is 11.8 Å². The first-order chi connectivity index (χ1) is 15.1. The van der Waals surface area contributed by atoms with Crippen molar-refractivity contribution in [2.75, 3.05) is 29.0 Å². The number of amides is 2. The molecule has 0 radical (unpaired) electrons. The Hall–Kier alpha value is -3.87. The van der Waals surface area contributed by atoms with E-state index in [-0.39, 0.29) is 23.6 Å². The minimum absolute atomic E-state index is 0.202. The van der Waals surface area contributed by atoms with Crippen LogP contribution in [0.5, 0.6) is 0 Å². The Labute approximate surface area is 181 Å². The zero-order valence-corrected chi connectivity index (χ0v) is 17.1. The SMILES string of the molecule is Nc1ccccc1NC(=O)c1ccc(C(=O)NCC2CCCN2c2ccccc2)cn1. The van der Waals surface area contributed by atoms with Crippen molar-refractivity contribution in [3.63, 3.8) is 0 Å². The molecule has 1 aromatic heterocycles. The van der Waals surface area contributed by atoms with Gasteiger partial charge in [-0.15, -0.1) is 0 Å². The zero-order chi connectivity index (χ0) is 21.6. The molecule has 0 saturated carbocycles. The lowest BCUT2D eigenvalue weighted by Crippen LogP contribution is -2.40. The standard InChI is InChI=1S/C24H25N5O2/c25-20-10-4-5-11-21(20)28-24(31)22-13-12-17(15-26-22)23(30)27-16-19-9-6-14-29(19)18-7-2-1-3-8-18/h1-5,7-8,10-13,15,19H,6,9,14,16,25H2,(H,27,30)(H,28,31). The van der Waals surface area contributed by atoms with Crippen molar-refractivity contribution in [1.29, 1.82) is 0 Å². The number of hydrogen-bond acceptors (Lipinski definition) is 5. The molecule has 1 saturated heterocycles. The minimum atomic E-state index is -0.380. The second-order valence-corrected chi connectivity index (χ2v) is 7.51. The van der Waals surface area contributed by atoms with Crippen molar-refractivity contribution in [2.45, 2.75) is 18.9 Å². The molecule has 1 unspecified atom stereocenters. The maximum Gasteiger partial charge on any atom is 0.274 e. The van der Waals surface area contributed by atoms with Gasteiger partial charge in [0.15, 0.2) is 0 Å². The summed E-state index contributed by atoms with van der Waals surface area (Å²) in [5.41, 5.74) is 8.66. The monoisotopic (exact) mass is 415 g/mol. The number of nitrogens with two attached hydrogens (primary N) is 1. The molecule has 7 nitrogen and oxygen atoms in total. The molecule has 1 aliphatic heterocycles. The molecule has 31 heavy (non-hydrogen) atoms. The Morgan fingerprint density at radius 3 is 2.52 bits per heavy atom. The highest BCUT2D eigenvalue weighted by molar-refractivity contribution is 6.05. The van der Waals surface area contributed by atoms with Crippen molar-refractivity contribution < 1.29 is 9.59 Å². The normalized spacial score (nSPS) is 15.5. The van der Waals surface area contributed by atoms with Crippen LogP contribution in [-0.4, -0.2) is 35.9 Å². The molecule has 4 rings (SSSR count). The maximum absolute atomic E-state index is 12.6. The average Bonchev–Trinajstić information content (AvgIpc) is 3.28. The average molecular weight is 415 g/mol. The first-order valence-electron chi connectivity index (χ1n) is 10.3. The highest BCUT2D eigenvalue weighted by atomic mass is 16.2. The maximum atomic E-state index is 12.6.